The van der Waals surface area contributed by atoms with Crippen LogP contribution in [0.15, 0.2) is 18.2 Å². The molecule has 1 saturated carbocycles. The Morgan fingerprint density at radius 3 is 2.69 bits per heavy atom. The molecule has 1 aromatic rings. The number of rotatable bonds is 6. The van der Waals surface area contributed by atoms with Gasteiger partial charge in [0.05, 0.1) is 0 Å². The van der Waals surface area contributed by atoms with E-state index in [1.54, 1.807) is 6.07 Å². The van der Waals surface area contributed by atoms with E-state index in [-0.39, 0.29) is 11.5 Å². The van der Waals surface area contributed by atoms with E-state index in [9.17, 15) is 5.11 Å². The fourth-order valence-corrected chi connectivity index (χ4v) is 1.83. The summed E-state index contributed by atoms with van der Waals surface area (Å²) in [5.74, 6) is 0.897. The number of hydrogen-bond donors (Lipinski definition) is 3. The van der Waals surface area contributed by atoms with Crippen molar-refractivity contribution in [3.8, 4) is 11.5 Å². The SMILES string of the molecule is Oc1ccc(CNCCCC2CC2)cc1O. The lowest BCUT2D eigenvalue weighted by molar-refractivity contribution is 0.403. The van der Waals surface area contributed by atoms with Crippen LogP contribution in [0.4, 0.5) is 0 Å². The predicted octanol–water partition coefficient (Wildman–Crippen LogP) is 2.38. The number of phenolic OH excluding ortho intramolecular Hbond substituents is 2. The average molecular weight is 221 g/mol. The van der Waals surface area contributed by atoms with E-state index in [0.29, 0.717) is 0 Å². The summed E-state index contributed by atoms with van der Waals surface area (Å²) >= 11 is 0. The lowest BCUT2D eigenvalue weighted by atomic mass is 10.2. The molecule has 0 unspecified atom stereocenters. The first kappa shape index (κ1) is 11.3. The minimum Gasteiger partial charge on any atom is -0.504 e. The molecule has 2 rings (SSSR count). The van der Waals surface area contributed by atoms with Crippen LogP contribution in [0.2, 0.25) is 0 Å². The first-order valence-corrected chi connectivity index (χ1v) is 5.97. The predicted molar refractivity (Wildman–Crippen MR) is 63.4 cm³/mol. The van der Waals surface area contributed by atoms with Gasteiger partial charge >= 0.3 is 0 Å². The Balaban J connectivity index is 1.65. The van der Waals surface area contributed by atoms with Crippen LogP contribution in [0.5, 0.6) is 11.5 Å². The van der Waals surface area contributed by atoms with Crippen molar-refractivity contribution in [2.24, 2.45) is 5.92 Å². The van der Waals surface area contributed by atoms with Crippen molar-refractivity contribution in [1.29, 1.82) is 0 Å². The van der Waals surface area contributed by atoms with Gasteiger partial charge in [-0.05, 0) is 43.0 Å². The molecule has 3 nitrogen and oxygen atoms in total. The molecule has 1 aliphatic carbocycles. The minimum atomic E-state index is -0.0579. The van der Waals surface area contributed by atoms with Crippen molar-refractivity contribution >= 4 is 0 Å². The Morgan fingerprint density at radius 2 is 2.00 bits per heavy atom. The number of phenols is 2. The van der Waals surface area contributed by atoms with Gasteiger partial charge < -0.3 is 15.5 Å². The molecule has 3 heteroatoms. The lowest BCUT2D eigenvalue weighted by Gasteiger charge is -2.05. The van der Waals surface area contributed by atoms with E-state index in [1.807, 2.05) is 6.07 Å². The third-order valence-corrected chi connectivity index (χ3v) is 3.03. The van der Waals surface area contributed by atoms with Crippen LogP contribution in [-0.4, -0.2) is 16.8 Å². The van der Waals surface area contributed by atoms with Crippen molar-refractivity contribution in [2.45, 2.75) is 32.2 Å². The summed E-state index contributed by atoms with van der Waals surface area (Å²) in [6.07, 6.45) is 5.42. The van der Waals surface area contributed by atoms with Gasteiger partial charge in [0.2, 0.25) is 0 Å². The Kier molecular flexibility index (Phi) is 3.67. The molecule has 0 radical (unpaired) electrons. The third-order valence-electron chi connectivity index (χ3n) is 3.03. The smallest absolute Gasteiger partial charge is 0.157 e. The monoisotopic (exact) mass is 221 g/mol. The van der Waals surface area contributed by atoms with E-state index in [1.165, 1.54) is 31.7 Å². The largest absolute Gasteiger partial charge is 0.504 e. The van der Waals surface area contributed by atoms with Gasteiger partial charge in [-0.15, -0.1) is 0 Å². The standard InChI is InChI=1S/C13H19NO2/c15-12-6-5-11(8-13(12)16)9-14-7-1-2-10-3-4-10/h5-6,8,10,14-16H,1-4,7,9H2. The van der Waals surface area contributed by atoms with Crippen LogP contribution >= 0.6 is 0 Å². The molecule has 0 saturated heterocycles. The van der Waals surface area contributed by atoms with Gasteiger partial charge in [0, 0.05) is 6.54 Å². The van der Waals surface area contributed by atoms with E-state index < -0.39 is 0 Å². The van der Waals surface area contributed by atoms with Gasteiger partial charge in [0.15, 0.2) is 11.5 Å². The van der Waals surface area contributed by atoms with Crippen molar-refractivity contribution in [3.05, 3.63) is 23.8 Å². The normalized spacial score (nSPS) is 15.2. The Labute approximate surface area is 96.1 Å². The van der Waals surface area contributed by atoms with E-state index in [0.717, 1.165) is 24.6 Å². The van der Waals surface area contributed by atoms with Gasteiger partial charge in [-0.3, -0.25) is 0 Å². The Bertz CT molecular complexity index is 348. The number of hydrogen-bond acceptors (Lipinski definition) is 3. The molecule has 88 valence electrons. The number of nitrogens with one attached hydrogen (secondary N) is 1. The highest BCUT2D eigenvalue weighted by molar-refractivity contribution is 5.40. The Hall–Kier alpha value is -1.22. The number of benzene rings is 1. The van der Waals surface area contributed by atoms with E-state index in [2.05, 4.69) is 5.32 Å². The number of aromatic hydroxyl groups is 2. The zero-order valence-electron chi connectivity index (χ0n) is 9.45. The molecule has 3 N–H and O–H groups in total. The molecule has 0 aromatic heterocycles. The van der Waals surface area contributed by atoms with Crippen LogP contribution < -0.4 is 5.32 Å². The molecular weight excluding hydrogens is 202 g/mol. The highest BCUT2D eigenvalue weighted by Crippen LogP contribution is 2.33. The van der Waals surface area contributed by atoms with Gasteiger partial charge in [0.25, 0.3) is 0 Å². The molecule has 0 bridgehead atoms. The molecule has 0 spiro atoms. The average Bonchev–Trinajstić information content (AvgIpc) is 3.07. The van der Waals surface area contributed by atoms with Gasteiger partial charge in [-0.2, -0.15) is 0 Å². The van der Waals surface area contributed by atoms with Crippen molar-refractivity contribution in [3.63, 3.8) is 0 Å². The summed E-state index contributed by atoms with van der Waals surface area (Å²) in [5.41, 5.74) is 1.00. The second kappa shape index (κ2) is 5.21. The van der Waals surface area contributed by atoms with Gasteiger partial charge in [-0.25, -0.2) is 0 Å². The van der Waals surface area contributed by atoms with Crippen LogP contribution in [0.3, 0.4) is 0 Å². The van der Waals surface area contributed by atoms with Crippen LogP contribution in [0.25, 0.3) is 0 Å². The fraction of sp³-hybridized carbons (Fsp3) is 0.538. The molecule has 0 atom stereocenters. The second-order valence-corrected chi connectivity index (χ2v) is 4.59. The van der Waals surface area contributed by atoms with Crippen LogP contribution in [-0.2, 0) is 6.54 Å². The van der Waals surface area contributed by atoms with Crippen molar-refractivity contribution < 1.29 is 10.2 Å². The highest BCUT2D eigenvalue weighted by atomic mass is 16.3. The molecule has 0 heterocycles. The molecule has 0 aliphatic heterocycles. The third kappa shape index (κ3) is 3.42. The lowest BCUT2D eigenvalue weighted by Crippen LogP contribution is -2.14. The maximum Gasteiger partial charge on any atom is 0.157 e. The van der Waals surface area contributed by atoms with Crippen LogP contribution in [0.1, 0.15) is 31.2 Å². The minimum absolute atomic E-state index is 0.0442. The van der Waals surface area contributed by atoms with E-state index in [4.69, 9.17) is 5.11 Å². The highest BCUT2D eigenvalue weighted by Gasteiger charge is 2.19. The summed E-state index contributed by atoms with van der Waals surface area (Å²) in [6, 6.07) is 4.95. The molecule has 1 aliphatic rings. The van der Waals surface area contributed by atoms with Gasteiger partial charge in [0.1, 0.15) is 0 Å². The van der Waals surface area contributed by atoms with E-state index >= 15 is 0 Å². The first-order chi connectivity index (χ1) is 7.75. The maximum absolute atomic E-state index is 9.31. The summed E-state index contributed by atoms with van der Waals surface area (Å²) < 4.78 is 0. The summed E-state index contributed by atoms with van der Waals surface area (Å²) in [5, 5.41) is 21.8. The fourth-order valence-electron chi connectivity index (χ4n) is 1.83. The summed E-state index contributed by atoms with van der Waals surface area (Å²) in [6.45, 7) is 1.77. The van der Waals surface area contributed by atoms with Gasteiger partial charge in [-0.1, -0.05) is 18.9 Å². The molecular formula is C13H19NO2. The zero-order valence-corrected chi connectivity index (χ0v) is 9.45. The molecule has 1 fully saturated rings. The van der Waals surface area contributed by atoms with Crippen molar-refractivity contribution in [1.82, 2.24) is 5.32 Å². The summed E-state index contributed by atoms with van der Waals surface area (Å²) in [7, 11) is 0. The molecule has 16 heavy (non-hydrogen) atoms. The van der Waals surface area contributed by atoms with Crippen LogP contribution in [0, 0.1) is 5.92 Å². The molecule has 0 amide bonds. The summed E-state index contributed by atoms with van der Waals surface area (Å²) in [4.78, 5) is 0. The quantitative estimate of drug-likeness (QED) is 0.510. The first-order valence-electron chi connectivity index (χ1n) is 5.97. The Morgan fingerprint density at radius 1 is 1.19 bits per heavy atom. The van der Waals surface area contributed by atoms with Crippen molar-refractivity contribution in [2.75, 3.05) is 6.54 Å². The second-order valence-electron chi connectivity index (χ2n) is 4.59. The maximum atomic E-state index is 9.31. The topological polar surface area (TPSA) is 52.5 Å². The zero-order chi connectivity index (χ0) is 11.4. The molecule has 1 aromatic carbocycles.